The van der Waals surface area contributed by atoms with Gasteiger partial charge in [-0.2, -0.15) is 0 Å². The fourth-order valence-corrected chi connectivity index (χ4v) is 1.96. The summed E-state index contributed by atoms with van der Waals surface area (Å²) in [6.07, 6.45) is 1.29. The molecule has 18 heavy (non-hydrogen) atoms. The minimum atomic E-state index is -0.205. The van der Waals surface area contributed by atoms with Crippen molar-refractivity contribution in [2.75, 3.05) is 24.5 Å². The van der Waals surface area contributed by atoms with Crippen molar-refractivity contribution in [3.63, 3.8) is 0 Å². The van der Waals surface area contributed by atoms with Gasteiger partial charge in [0.1, 0.15) is 0 Å². The van der Waals surface area contributed by atoms with Gasteiger partial charge in [0.15, 0.2) is 11.5 Å². The third-order valence-electron chi connectivity index (χ3n) is 3.01. The maximum atomic E-state index is 11.5. The fraction of sp³-hybridized carbons (Fsp3) is 0.583. The molecule has 0 unspecified atom stereocenters. The average Bonchev–Trinajstić information content (AvgIpc) is 2.40. The Morgan fingerprint density at radius 2 is 2.17 bits per heavy atom. The summed E-state index contributed by atoms with van der Waals surface area (Å²) in [6, 6.07) is 3.48. The molecule has 1 aromatic rings. The van der Waals surface area contributed by atoms with Gasteiger partial charge in [0.05, 0.1) is 6.10 Å². The van der Waals surface area contributed by atoms with Crippen LogP contribution in [-0.2, 0) is 0 Å². The van der Waals surface area contributed by atoms with Crippen LogP contribution in [0.4, 0.5) is 5.82 Å². The first-order chi connectivity index (χ1) is 8.70. The van der Waals surface area contributed by atoms with E-state index in [-0.39, 0.29) is 12.0 Å². The molecule has 0 radical (unpaired) electrons. The van der Waals surface area contributed by atoms with Crippen LogP contribution in [0.5, 0.6) is 0 Å². The third kappa shape index (κ3) is 2.95. The van der Waals surface area contributed by atoms with E-state index in [2.05, 4.69) is 20.4 Å². The molecule has 1 fully saturated rings. The normalized spacial score (nSPS) is 16.7. The van der Waals surface area contributed by atoms with Crippen molar-refractivity contribution >= 4 is 11.7 Å². The smallest absolute Gasteiger partial charge is 0.271 e. The lowest BCUT2D eigenvalue weighted by Crippen LogP contribution is -2.36. The van der Waals surface area contributed by atoms with Gasteiger partial charge in [-0.05, 0) is 31.9 Å². The van der Waals surface area contributed by atoms with Gasteiger partial charge in [-0.3, -0.25) is 4.79 Å². The fourth-order valence-electron chi connectivity index (χ4n) is 1.96. The molecule has 1 saturated heterocycles. The van der Waals surface area contributed by atoms with Crippen LogP contribution in [0.2, 0.25) is 0 Å². The zero-order valence-corrected chi connectivity index (χ0v) is 10.5. The van der Waals surface area contributed by atoms with E-state index in [0.717, 1.165) is 31.7 Å². The Hall–Kier alpha value is -1.69. The topological polar surface area (TPSA) is 78.4 Å². The van der Waals surface area contributed by atoms with E-state index in [0.29, 0.717) is 12.2 Å². The number of aliphatic hydroxyl groups excluding tert-OH is 1. The van der Waals surface area contributed by atoms with E-state index in [4.69, 9.17) is 0 Å². The molecule has 0 bridgehead atoms. The Labute approximate surface area is 106 Å². The number of amides is 1. The molecule has 98 valence electrons. The van der Waals surface area contributed by atoms with Crippen LogP contribution in [0.25, 0.3) is 0 Å². The largest absolute Gasteiger partial charge is 0.393 e. The van der Waals surface area contributed by atoms with Gasteiger partial charge in [0.2, 0.25) is 0 Å². The summed E-state index contributed by atoms with van der Waals surface area (Å²) < 4.78 is 0. The van der Waals surface area contributed by atoms with Crippen LogP contribution >= 0.6 is 0 Å². The first-order valence-corrected chi connectivity index (χ1v) is 6.25. The Balaban J connectivity index is 2.01. The van der Waals surface area contributed by atoms with Gasteiger partial charge >= 0.3 is 0 Å². The molecule has 0 atom stereocenters. The zero-order chi connectivity index (χ0) is 13.0. The number of carbonyl (C=O) groups is 1. The number of aliphatic hydroxyl groups is 1. The second kappa shape index (κ2) is 5.77. The van der Waals surface area contributed by atoms with Crippen molar-refractivity contribution in [1.82, 2.24) is 15.5 Å². The van der Waals surface area contributed by atoms with Crippen molar-refractivity contribution in [2.24, 2.45) is 0 Å². The highest BCUT2D eigenvalue weighted by Crippen LogP contribution is 2.16. The molecule has 1 amide bonds. The SMILES string of the molecule is CCNC(=O)c1ccc(N2CCC(O)CC2)nn1. The third-order valence-corrected chi connectivity index (χ3v) is 3.01. The second-order valence-corrected chi connectivity index (χ2v) is 4.35. The minimum Gasteiger partial charge on any atom is -0.393 e. The van der Waals surface area contributed by atoms with Crippen molar-refractivity contribution < 1.29 is 9.90 Å². The van der Waals surface area contributed by atoms with E-state index < -0.39 is 0 Å². The number of aromatic nitrogens is 2. The number of rotatable bonds is 3. The van der Waals surface area contributed by atoms with Crippen LogP contribution < -0.4 is 10.2 Å². The second-order valence-electron chi connectivity index (χ2n) is 4.35. The lowest BCUT2D eigenvalue weighted by atomic mass is 10.1. The summed E-state index contributed by atoms with van der Waals surface area (Å²) in [5.74, 6) is 0.556. The summed E-state index contributed by atoms with van der Waals surface area (Å²) in [5, 5.41) is 20.1. The van der Waals surface area contributed by atoms with E-state index >= 15 is 0 Å². The standard InChI is InChI=1S/C12H18N4O2/c1-2-13-12(18)10-3-4-11(15-14-10)16-7-5-9(17)6-8-16/h3-4,9,17H,2,5-8H2,1H3,(H,13,18). The van der Waals surface area contributed by atoms with Crippen molar-refractivity contribution in [1.29, 1.82) is 0 Å². The molecule has 6 heteroatoms. The minimum absolute atomic E-state index is 0.203. The number of nitrogens with one attached hydrogen (secondary N) is 1. The lowest BCUT2D eigenvalue weighted by molar-refractivity contribution is 0.0950. The van der Waals surface area contributed by atoms with Crippen LogP contribution in [0.3, 0.4) is 0 Å². The highest BCUT2D eigenvalue weighted by molar-refractivity contribution is 5.92. The average molecular weight is 250 g/mol. The number of hydrogen-bond acceptors (Lipinski definition) is 5. The van der Waals surface area contributed by atoms with Crippen LogP contribution in [0.1, 0.15) is 30.3 Å². The highest BCUT2D eigenvalue weighted by Gasteiger charge is 2.18. The molecule has 1 aliphatic rings. The Morgan fingerprint density at radius 1 is 1.44 bits per heavy atom. The van der Waals surface area contributed by atoms with Gasteiger partial charge in [0, 0.05) is 19.6 Å². The molecule has 2 heterocycles. The summed E-state index contributed by atoms with van der Waals surface area (Å²) >= 11 is 0. The Kier molecular flexibility index (Phi) is 4.09. The maximum Gasteiger partial charge on any atom is 0.271 e. The summed E-state index contributed by atoms with van der Waals surface area (Å²) in [5.41, 5.74) is 0.331. The Bertz CT molecular complexity index is 399. The molecule has 6 nitrogen and oxygen atoms in total. The maximum absolute atomic E-state index is 11.5. The van der Waals surface area contributed by atoms with Crippen molar-refractivity contribution in [3.05, 3.63) is 17.8 Å². The molecule has 2 N–H and O–H groups in total. The quantitative estimate of drug-likeness (QED) is 0.800. The van der Waals surface area contributed by atoms with Gasteiger partial charge in [0.25, 0.3) is 5.91 Å². The predicted molar refractivity (Wildman–Crippen MR) is 67.5 cm³/mol. The summed E-state index contributed by atoms with van der Waals surface area (Å²) in [6.45, 7) is 3.98. The first-order valence-electron chi connectivity index (χ1n) is 6.25. The summed E-state index contributed by atoms with van der Waals surface area (Å²) in [7, 11) is 0. The van der Waals surface area contributed by atoms with E-state index in [9.17, 15) is 9.90 Å². The van der Waals surface area contributed by atoms with Gasteiger partial charge in [-0.15, -0.1) is 10.2 Å². The molecule has 0 saturated carbocycles. The van der Waals surface area contributed by atoms with Gasteiger partial charge < -0.3 is 15.3 Å². The van der Waals surface area contributed by atoms with Crippen molar-refractivity contribution in [2.45, 2.75) is 25.9 Å². The molecule has 2 rings (SSSR count). The first kappa shape index (κ1) is 12.8. The number of piperidine rings is 1. The predicted octanol–water partition coefficient (Wildman–Crippen LogP) is 0.187. The van der Waals surface area contributed by atoms with Crippen molar-refractivity contribution in [3.8, 4) is 0 Å². The van der Waals surface area contributed by atoms with E-state index in [1.807, 2.05) is 6.92 Å². The highest BCUT2D eigenvalue weighted by atomic mass is 16.3. The molecule has 0 spiro atoms. The molecule has 0 aliphatic carbocycles. The molecular weight excluding hydrogens is 232 g/mol. The monoisotopic (exact) mass is 250 g/mol. The lowest BCUT2D eigenvalue weighted by Gasteiger charge is -2.30. The molecule has 1 aliphatic heterocycles. The number of carbonyl (C=O) groups excluding carboxylic acids is 1. The number of nitrogens with zero attached hydrogens (tertiary/aromatic N) is 3. The zero-order valence-electron chi connectivity index (χ0n) is 10.5. The summed E-state index contributed by atoms with van der Waals surface area (Å²) in [4.78, 5) is 13.6. The number of hydrogen-bond donors (Lipinski definition) is 2. The van der Waals surface area contributed by atoms with E-state index in [1.54, 1.807) is 12.1 Å². The van der Waals surface area contributed by atoms with E-state index in [1.165, 1.54) is 0 Å². The van der Waals surface area contributed by atoms with Gasteiger partial charge in [-0.1, -0.05) is 0 Å². The molecular formula is C12H18N4O2. The van der Waals surface area contributed by atoms with Crippen LogP contribution in [0.15, 0.2) is 12.1 Å². The van der Waals surface area contributed by atoms with Crippen LogP contribution in [-0.4, -0.2) is 46.9 Å². The van der Waals surface area contributed by atoms with Crippen LogP contribution in [0, 0.1) is 0 Å². The molecule has 0 aromatic carbocycles. The Morgan fingerprint density at radius 3 is 2.72 bits per heavy atom. The number of anilines is 1. The van der Waals surface area contributed by atoms with Gasteiger partial charge in [-0.25, -0.2) is 0 Å². The molecule has 1 aromatic heterocycles.